The molecular formula is C25H21N3O4S. The quantitative estimate of drug-likeness (QED) is 0.293. The summed E-state index contributed by atoms with van der Waals surface area (Å²) in [5.74, 6) is -0.421. The topological polar surface area (TPSA) is 108 Å². The van der Waals surface area contributed by atoms with E-state index in [4.69, 9.17) is 0 Å². The van der Waals surface area contributed by atoms with Crippen molar-refractivity contribution >= 4 is 38.6 Å². The molecule has 8 heteroatoms. The Kier molecular flexibility index (Phi) is 6.10. The van der Waals surface area contributed by atoms with Gasteiger partial charge in [0.1, 0.15) is 5.75 Å². The van der Waals surface area contributed by atoms with E-state index in [2.05, 4.69) is 15.2 Å². The fourth-order valence-electron chi connectivity index (χ4n) is 3.26. The number of aromatic hydroxyl groups is 1. The van der Waals surface area contributed by atoms with Crippen LogP contribution in [0.4, 0.5) is 5.69 Å². The van der Waals surface area contributed by atoms with E-state index >= 15 is 0 Å². The van der Waals surface area contributed by atoms with Gasteiger partial charge in [0.2, 0.25) is 0 Å². The Morgan fingerprint density at radius 2 is 1.61 bits per heavy atom. The molecule has 0 aromatic heterocycles. The zero-order valence-electron chi connectivity index (χ0n) is 17.7. The average Bonchev–Trinajstić information content (AvgIpc) is 2.81. The van der Waals surface area contributed by atoms with E-state index in [0.717, 1.165) is 16.3 Å². The van der Waals surface area contributed by atoms with E-state index in [9.17, 15) is 18.3 Å². The summed E-state index contributed by atoms with van der Waals surface area (Å²) in [6.07, 6.45) is 1.39. The smallest absolute Gasteiger partial charge is 0.271 e. The maximum Gasteiger partial charge on any atom is 0.271 e. The van der Waals surface area contributed by atoms with Crippen molar-refractivity contribution < 1.29 is 18.3 Å². The monoisotopic (exact) mass is 459 g/mol. The van der Waals surface area contributed by atoms with Crippen LogP contribution in [0.3, 0.4) is 0 Å². The van der Waals surface area contributed by atoms with Crippen LogP contribution in [-0.2, 0) is 10.0 Å². The lowest BCUT2D eigenvalue weighted by molar-refractivity contribution is 0.0955. The Balaban J connectivity index is 1.44. The molecule has 0 fully saturated rings. The van der Waals surface area contributed by atoms with E-state index in [1.54, 1.807) is 24.3 Å². The van der Waals surface area contributed by atoms with Crippen molar-refractivity contribution in [3.63, 3.8) is 0 Å². The standard InChI is InChI=1S/C25H21N3O4S/c1-17-6-13-21(14-7-17)33(31,32)28-20-11-8-19(9-12-20)25(30)27-26-16-23-22-5-3-2-4-18(22)10-15-24(23)29/h2-16,28-29H,1H3,(H,27,30). The van der Waals surface area contributed by atoms with E-state index in [1.807, 2.05) is 31.2 Å². The molecule has 0 radical (unpaired) electrons. The molecule has 0 unspecified atom stereocenters. The number of carbonyl (C=O) groups excluding carboxylic acids is 1. The van der Waals surface area contributed by atoms with Gasteiger partial charge in [0.05, 0.1) is 11.1 Å². The summed E-state index contributed by atoms with van der Waals surface area (Å²) in [5.41, 5.74) is 4.50. The van der Waals surface area contributed by atoms with Crippen molar-refractivity contribution in [3.8, 4) is 5.75 Å². The number of rotatable bonds is 6. The largest absolute Gasteiger partial charge is 0.507 e. The molecule has 3 N–H and O–H groups in total. The molecule has 0 aliphatic rings. The Labute approximate surface area is 191 Å². The third kappa shape index (κ3) is 5.02. The minimum Gasteiger partial charge on any atom is -0.507 e. The number of anilines is 1. The fraction of sp³-hybridized carbons (Fsp3) is 0.0400. The summed E-state index contributed by atoms with van der Waals surface area (Å²) in [7, 11) is -3.73. The van der Waals surface area contributed by atoms with E-state index in [-0.39, 0.29) is 10.6 Å². The minimum atomic E-state index is -3.73. The lowest BCUT2D eigenvalue weighted by atomic mass is 10.0. The van der Waals surface area contributed by atoms with Crippen molar-refractivity contribution in [3.05, 3.63) is 102 Å². The highest BCUT2D eigenvalue weighted by atomic mass is 32.2. The SMILES string of the molecule is Cc1ccc(S(=O)(=O)Nc2ccc(C(=O)NN=Cc3c(O)ccc4ccccc34)cc2)cc1. The van der Waals surface area contributed by atoms with Gasteiger partial charge in [-0.3, -0.25) is 9.52 Å². The number of hydrogen-bond acceptors (Lipinski definition) is 5. The second kappa shape index (κ2) is 9.13. The Hall–Kier alpha value is -4.17. The number of hydrazone groups is 1. The van der Waals surface area contributed by atoms with E-state index in [0.29, 0.717) is 16.8 Å². The second-order valence-electron chi connectivity index (χ2n) is 7.41. The number of phenols is 1. The lowest BCUT2D eigenvalue weighted by Gasteiger charge is -2.09. The van der Waals surface area contributed by atoms with Crippen molar-refractivity contribution in [2.75, 3.05) is 4.72 Å². The summed E-state index contributed by atoms with van der Waals surface area (Å²) >= 11 is 0. The maximum atomic E-state index is 12.5. The van der Waals surface area contributed by atoms with Gasteiger partial charge in [-0.25, -0.2) is 13.8 Å². The van der Waals surface area contributed by atoms with Crippen LogP contribution in [0, 0.1) is 6.92 Å². The lowest BCUT2D eigenvalue weighted by Crippen LogP contribution is -2.18. The molecule has 0 atom stereocenters. The third-order valence-electron chi connectivity index (χ3n) is 5.04. The number of benzene rings is 4. The first-order chi connectivity index (χ1) is 15.8. The molecule has 4 rings (SSSR count). The predicted molar refractivity (Wildman–Crippen MR) is 129 cm³/mol. The van der Waals surface area contributed by atoms with E-state index in [1.165, 1.54) is 42.6 Å². The first-order valence-electron chi connectivity index (χ1n) is 10.1. The summed E-state index contributed by atoms with van der Waals surface area (Å²) < 4.78 is 27.5. The molecule has 1 amide bonds. The molecule has 0 heterocycles. The number of nitrogens with zero attached hydrogens (tertiary/aromatic N) is 1. The molecule has 0 aliphatic carbocycles. The third-order valence-corrected chi connectivity index (χ3v) is 6.44. The van der Waals surface area contributed by atoms with Gasteiger partial charge in [-0.15, -0.1) is 0 Å². The Morgan fingerprint density at radius 3 is 2.33 bits per heavy atom. The molecule has 0 bridgehead atoms. The molecule has 0 aliphatic heterocycles. The van der Waals surface area contributed by atoms with Gasteiger partial charge < -0.3 is 5.11 Å². The van der Waals surface area contributed by atoms with Crippen LogP contribution in [0.15, 0.2) is 94.9 Å². The predicted octanol–water partition coefficient (Wildman–Crippen LogP) is 4.42. The number of hydrogen-bond donors (Lipinski definition) is 3. The first-order valence-corrected chi connectivity index (χ1v) is 11.6. The van der Waals surface area contributed by atoms with Gasteiger partial charge in [-0.1, -0.05) is 48.0 Å². The van der Waals surface area contributed by atoms with Crippen molar-refractivity contribution in [2.24, 2.45) is 5.10 Å². The van der Waals surface area contributed by atoms with Crippen LogP contribution in [0.2, 0.25) is 0 Å². The Morgan fingerprint density at radius 1 is 0.909 bits per heavy atom. The number of aryl methyl sites for hydroxylation is 1. The minimum absolute atomic E-state index is 0.0527. The highest BCUT2D eigenvalue weighted by molar-refractivity contribution is 7.92. The fourth-order valence-corrected chi connectivity index (χ4v) is 4.32. The van der Waals surface area contributed by atoms with Gasteiger partial charge in [-0.2, -0.15) is 5.10 Å². The first kappa shape index (κ1) is 22.0. The molecule has 0 saturated carbocycles. The summed E-state index contributed by atoms with van der Waals surface area (Å²) in [4.78, 5) is 12.6. The molecule has 7 nitrogen and oxygen atoms in total. The molecule has 0 saturated heterocycles. The Bertz CT molecular complexity index is 1450. The summed E-state index contributed by atoms with van der Waals surface area (Å²) in [6, 6.07) is 23.4. The van der Waals surface area contributed by atoms with Crippen LogP contribution in [0.5, 0.6) is 5.75 Å². The molecular weight excluding hydrogens is 438 g/mol. The molecule has 4 aromatic rings. The van der Waals surface area contributed by atoms with Crippen LogP contribution >= 0.6 is 0 Å². The molecule has 33 heavy (non-hydrogen) atoms. The van der Waals surface area contributed by atoms with Gasteiger partial charge in [0.25, 0.3) is 15.9 Å². The summed E-state index contributed by atoms with van der Waals surface area (Å²) in [6.45, 7) is 1.88. The highest BCUT2D eigenvalue weighted by Crippen LogP contribution is 2.25. The number of nitrogens with one attached hydrogen (secondary N) is 2. The molecule has 0 spiro atoms. The van der Waals surface area contributed by atoms with Gasteiger partial charge in [-0.05, 0) is 60.2 Å². The van der Waals surface area contributed by atoms with Crippen LogP contribution < -0.4 is 10.1 Å². The number of carbonyl (C=O) groups is 1. The maximum absolute atomic E-state index is 12.5. The zero-order chi connectivity index (χ0) is 23.4. The van der Waals surface area contributed by atoms with Gasteiger partial charge in [0.15, 0.2) is 0 Å². The number of fused-ring (bicyclic) bond motifs is 1. The van der Waals surface area contributed by atoms with Crippen molar-refractivity contribution in [1.29, 1.82) is 0 Å². The van der Waals surface area contributed by atoms with Crippen molar-refractivity contribution in [2.45, 2.75) is 11.8 Å². The molecule has 4 aromatic carbocycles. The van der Waals surface area contributed by atoms with Gasteiger partial charge in [0, 0.05) is 16.8 Å². The van der Waals surface area contributed by atoms with Gasteiger partial charge >= 0.3 is 0 Å². The van der Waals surface area contributed by atoms with Crippen molar-refractivity contribution in [1.82, 2.24) is 5.43 Å². The second-order valence-corrected chi connectivity index (χ2v) is 9.10. The molecule has 166 valence electrons. The summed E-state index contributed by atoms with van der Waals surface area (Å²) in [5, 5.41) is 15.9. The zero-order valence-corrected chi connectivity index (χ0v) is 18.5. The average molecular weight is 460 g/mol. The van der Waals surface area contributed by atoms with E-state index < -0.39 is 15.9 Å². The van der Waals surface area contributed by atoms with Crippen LogP contribution in [0.1, 0.15) is 21.5 Å². The number of sulfonamides is 1. The van der Waals surface area contributed by atoms with Crippen LogP contribution in [0.25, 0.3) is 10.8 Å². The normalized spacial score (nSPS) is 11.5. The number of phenolic OH excluding ortho intramolecular Hbond substituents is 1. The highest BCUT2D eigenvalue weighted by Gasteiger charge is 2.14. The van der Waals surface area contributed by atoms with Crippen LogP contribution in [-0.4, -0.2) is 25.6 Å². The number of amides is 1.